The van der Waals surface area contributed by atoms with Crippen molar-refractivity contribution in [2.45, 2.75) is 12.6 Å². The summed E-state index contributed by atoms with van der Waals surface area (Å²) < 4.78 is 69.0. The van der Waals surface area contributed by atoms with Gasteiger partial charge in [0.05, 0.1) is 11.3 Å². The van der Waals surface area contributed by atoms with E-state index >= 15 is 0 Å². The van der Waals surface area contributed by atoms with Crippen LogP contribution in [0.25, 0.3) is 11.3 Å². The maximum Gasteiger partial charge on any atom is 0.435 e. The Balaban J connectivity index is 1.70. The van der Waals surface area contributed by atoms with Gasteiger partial charge in [-0.15, -0.1) is 0 Å². The van der Waals surface area contributed by atoms with E-state index in [0.717, 1.165) is 29.1 Å². The van der Waals surface area contributed by atoms with Crippen molar-refractivity contribution in [3.8, 4) is 17.0 Å². The number of H-pyrrole nitrogens is 1. The van der Waals surface area contributed by atoms with Crippen LogP contribution >= 0.6 is 11.6 Å². The van der Waals surface area contributed by atoms with Gasteiger partial charge in [-0.3, -0.25) is 14.6 Å². The van der Waals surface area contributed by atoms with Gasteiger partial charge in [-0.05, 0) is 35.9 Å². The number of rotatable bonds is 5. The second-order valence-electron chi connectivity index (χ2n) is 7.83. The van der Waals surface area contributed by atoms with Gasteiger partial charge in [-0.25, -0.2) is 13.8 Å². The molecular formula is C23H16ClF5N6O2. The van der Waals surface area contributed by atoms with Crippen molar-refractivity contribution in [2.24, 2.45) is 12.0 Å². The predicted octanol–water partition coefficient (Wildman–Crippen LogP) is 5.17. The van der Waals surface area contributed by atoms with Crippen LogP contribution in [0, 0.1) is 11.6 Å². The molecule has 0 unspecified atom stereocenters. The van der Waals surface area contributed by atoms with Crippen molar-refractivity contribution in [2.75, 3.05) is 0 Å². The molecule has 0 atom stereocenters. The lowest BCUT2D eigenvalue weighted by Gasteiger charge is -2.10. The van der Waals surface area contributed by atoms with Gasteiger partial charge in [0.15, 0.2) is 11.5 Å². The average Bonchev–Trinajstić information content (AvgIpc) is 3.39. The van der Waals surface area contributed by atoms with E-state index < -0.39 is 35.0 Å². The number of aromatic amines is 1. The van der Waals surface area contributed by atoms with E-state index in [1.807, 2.05) is 0 Å². The Kier molecular flexibility index (Phi) is 6.99. The normalized spacial score (nSPS) is 12.1. The van der Waals surface area contributed by atoms with Crippen molar-refractivity contribution >= 4 is 29.2 Å². The van der Waals surface area contributed by atoms with Crippen LogP contribution < -0.4 is 5.32 Å². The van der Waals surface area contributed by atoms with E-state index in [1.165, 1.54) is 31.3 Å². The van der Waals surface area contributed by atoms with E-state index in [2.05, 4.69) is 25.6 Å². The Labute approximate surface area is 210 Å². The maximum atomic E-state index is 14.2. The second kappa shape index (κ2) is 10.0. The number of hydrogen-bond donors (Lipinski definition) is 3. The minimum absolute atomic E-state index is 0.0529. The number of carbonyl (C=O) groups is 1. The highest BCUT2D eigenvalue weighted by Gasteiger charge is 2.39. The fourth-order valence-electron chi connectivity index (χ4n) is 3.45. The van der Waals surface area contributed by atoms with Crippen LogP contribution in [0.3, 0.4) is 0 Å². The van der Waals surface area contributed by atoms with Crippen molar-refractivity contribution in [3.05, 3.63) is 82.1 Å². The molecule has 0 aliphatic carbocycles. The Morgan fingerprint density at radius 2 is 1.95 bits per heavy atom. The van der Waals surface area contributed by atoms with Crippen molar-refractivity contribution in [1.29, 1.82) is 0 Å². The zero-order chi connectivity index (χ0) is 26.9. The zero-order valence-corrected chi connectivity index (χ0v) is 19.5. The number of alkyl halides is 3. The molecule has 0 aliphatic rings. The molecule has 0 saturated heterocycles. The van der Waals surface area contributed by atoms with Crippen LogP contribution in [0.1, 0.15) is 21.6 Å². The Hall–Kier alpha value is -4.26. The van der Waals surface area contributed by atoms with Crippen LogP contribution in [0.2, 0.25) is 5.02 Å². The Morgan fingerprint density at radius 1 is 1.19 bits per heavy atom. The number of aromatic nitrogens is 4. The number of aromatic hydroxyl groups is 1. The molecule has 192 valence electrons. The van der Waals surface area contributed by atoms with E-state index in [9.17, 15) is 31.9 Å². The first-order valence-corrected chi connectivity index (χ1v) is 10.8. The number of hydrogen-bond acceptors (Lipinski definition) is 5. The number of phenols is 1. The fourth-order valence-corrected chi connectivity index (χ4v) is 3.69. The van der Waals surface area contributed by atoms with Gasteiger partial charge >= 0.3 is 6.18 Å². The first-order valence-electron chi connectivity index (χ1n) is 10.4. The Bertz CT molecular complexity index is 1490. The molecule has 2 aromatic carbocycles. The molecule has 0 spiro atoms. The van der Waals surface area contributed by atoms with Crippen LogP contribution in [0.4, 0.5) is 27.8 Å². The van der Waals surface area contributed by atoms with Gasteiger partial charge in [0, 0.05) is 42.4 Å². The predicted molar refractivity (Wildman–Crippen MR) is 124 cm³/mol. The summed E-state index contributed by atoms with van der Waals surface area (Å²) in [5, 5.41) is 21.5. The molecule has 0 bridgehead atoms. The zero-order valence-electron chi connectivity index (χ0n) is 18.7. The minimum atomic E-state index is -4.90. The third kappa shape index (κ3) is 6.12. The molecule has 37 heavy (non-hydrogen) atoms. The quantitative estimate of drug-likeness (QED) is 0.185. The summed E-state index contributed by atoms with van der Waals surface area (Å²) in [5.41, 5.74) is -1.67. The van der Waals surface area contributed by atoms with E-state index in [0.29, 0.717) is 0 Å². The summed E-state index contributed by atoms with van der Waals surface area (Å²) in [6.07, 6.45) is -4.25. The van der Waals surface area contributed by atoms with Gasteiger partial charge in [0.2, 0.25) is 0 Å². The highest BCUT2D eigenvalue weighted by Crippen LogP contribution is 2.31. The molecule has 4 aromatic rings. The SMILES string of the molecule is Cn1cc(C(=O)NC(Cc2cc(F)cc(Cl)c2)=Nc2cc(-c3ccc(O)cc3F)[nH]n2)c(C(F)(F)F)n1. The van der Waals surface area contributed by atoms with Gasteiger partial charge in [-0.2, -0.15) is 23.4 Å². The number of amides is 1. The molecule has 0 radical (unpaired) electrons. The number of aryl methyl sites for hydroxylation is 1. The highest BCUT2D eigenvalue weighted by molar-refractivity contribution is 6.30. The topological polar surface area (TPSA) is 108 Å². The van der Waals surface area contributed by atoms with Crippen LogP contribution in [-0.4, -0.2) is 36.8 Å². The largest absolute Gasteiger partial charge is 0.508 e. The lowest BCUT2D eigenvalue weighted by molar-refractivity contribution is -0.141. The number of nitrogens with zero attached hydrogens (tertiary/aromatic N) is 4. The monoisotopic (exact) mass is 538 g/mol. The summed E-state index contributed by atoms with van der Waals surface area (Å²) in [7, 11) is 1.23. The first kappa shape index (κ1) is 25.8. The van der Waals surface area contributed by atoms with E-state index in [-0.39, 0.29) is 45.7 Å². The molecule has 14 heteroatoms. The summed E-state index contributed by atoms with van der Waals surface area (Å²) in [6, 6.07) is 8.31. The van der Waals surface area contributed by atoms with Gasteiger partial charge in [-0.1, -0.05) is 11.6 Å². The molecule has 2 aromatic heterocycles. The molecule has 8 nitrogen and oxygen atoms in total. The first-order chi connectivity index (χ1) is 17.4. The highest BCUT2D eigenvalue weighted by atomic mass is 35.5. The molecule has 1 amide bonds. The standard InChI is InChI=1S/C23H16ClF5N6O2/c1-35-10-16(21(34-35)23(27,28)29)22(37)31-19(6-11-4-12(24)7-13(25)5-11)30-20-9-18(32-33-20)15-3-2-14(36)8-17(15)26/h2-5,7-10,36H,6H2,1H3,(H2,30,31,32,33,37). The summed E-state index contributed by atoms with van der Waals surface area (Å²) >= 11 is 5.89. The molecule has 4 rings (SSSR count). The Morgan fingerprint density at radius 3 is 2.62 bits per heavy atom. The number of amidine groups is 1. The lowest BCUT2D eigenvalue weighted by Crippen LogP contribution is -2.33. The maximum absolute atomic E-state index is 14.2. The summed E-state index contributed by atoms with van der Waals surface area (Å²) in [6.45, 7) is 0. The van der Waals surface area contributed by atoms with E-state index in [4.69, 9.17) is 11.6 Å². The molecule has 0 fully saturated rings. The number of halogens is 6. The number of carbonyl (C=O) groups excluding carboxylic acids is 1. The second-order valence-corrected chi connectivity index (χ2v) is 8.27. The molecule has 0 aliphatic heterocycles. The van der Waals surface area contributed by atoms with Crippen LogP contribution in [-0.2, 0) is 19.6 Å². The lowest BCUT2D eigenvalue weighted by atomic mass is 10.1. The third-order valence-electron chi connectivity index (χ3n) is 4.95. The summed E-state index contributed by atoms with van der Waals surface area (Å²) in [4.78, 5) is 17.0. The molecule has 0 saturated carbocycles. The van der Waals surface area contributed by atoms with Gasteiger partial charge in [0.1, 0.15) is 23.2 Å². The average molecular weight is 539 g/mol. The number of phenolic OH excluding ortho intramolecular Hbond substituents is 1. The number of benzene rings is 2. The number of nitrogens with one attached hydrogen (secondary N) is 2. The van der Waals surface area contributed by atoms with Crippen LogP contribution in [0.15, 0.2) is 53.7 Å². The molecular weight excluding hydrogens is 523 g/mol. The molecule has 3 N–H and O–H groups in total. The fraction of sp³-hybridized carbons (Fsp3) is 0.130. The minimum Gasteiger partial charge on any atom is -0.508 e. The molecule has 2 heterocycles. The number of aliphatic imine (C=N–C) groups is 1. The van der Waals surface area contributed by atoms with Crippen molar-refractivity contribution < 1.29 is 31.9 Å². The van der Waals surface area contributed by atoms with Crippen molar-refractivity contribution in [1.82, 2.24) is 25.3 Å². The third-order valence-corrected chi connectivity index (χ3v) is 5.17. The smallest absolute Gasteiger partial charge is 0.435 e. The van der Waals surface area contributed by atoms with Gasteiger partial charge < -0.3 is 10.4 Å². The van der Waals surface area contributed by atoms with Crippen LogP contribution in [0.5, 0.6) is 5.75 Å². The van der Waals surface area contributed by atoms with Crippen molar-refractivity contribution in [3.63, 3.8) is 0 Å². The summed E-state index contributed by atoms with van der Waals surface area (Å²) in [5.74, 6) is -3.15. The van der Waals surface area contributed by atoms with Gasteiger partial charge in [0.25, 0.3) is 5.91 Å². The van der Waals surface area contributed by atoms with E-state index in [1.54, 1.807) is 0 Å².